The first-order valence-electron chi connectivity index (χ1n) is 3.53. The van der Waals surface area contributed by atoms with Crippen molar-refractivity contribution in [3.8, 4) is 0 Å². The Morgan fingerprint density at radius 2 is 2.22 bits per heavy atom. The van der Waals surface area contributed by atoms with Crippen molar-refractivity contribution >= 4 is 5.78 Å². The van der Waals surface area contributed by atoms with E-state index in [4.69, 9.17) is 0 Å². The second-order valence-electron chi connectivity index (χ2n) is 3.32. The minimum Gasteiger partial charge on any atom is -0.316 e. The highest BCUT2D eigenvalue weighted by Crippen LogP contribution is 2.42. The molecule has 9 heavy (non-hydrogen) atoms. The van der Waals surface area contributed by atoms with Gasteiger partial charge >= 0.3 is 0 Å². The van der Waals surface area contributed by atoms with E-state index in [1.807, 2.05) is 0 Å². The topological polar surface area (TPSA) is 29.1 Å². The van der Waals surface area contributed by atoms with Crippen molar-refractivity contribution in [2.24, 2.45) is 5.41 Å². The molecule has 0 radical (unpaired) electrons. The fourth-order valence-corrected chi connectivity index (χ4v) is 1.88. The SMILES string of the molecule is O=C1CC2(CCNC2)C1. The van der Waals surface area contributed by atoms with E-state index in [9.17, 15) is 4.79 Å². The first-order chi connectivity index (χ1) is 4.31. The molecule has 1 heterocycles. The van der Waals surface area contributed by atoms with Gasteiger partial charge in [-0.1, -0.05) is 0 Å². The van der Waals surface area contributed by atoms with Crippen LogP contribution in [0.5, 0.6) is 0 Å². The number of hydrogen-bond acceptors (Lipinski definition) is 2. The lowest BCUT2D eigenvalue weighted by molar-refractivity contribution is -0.131. The third-order valence-corrected chi connectivity index (χ3v) is 2.48. The Kier molecular flexibility index (Phi) is 0.943. The van der Waals surface area contributed by atoms with Gasteiger partial charge in [0.1, 0.15) is 5.78 Å². The van der Waals surface area contributed by atoms with Crippen LogP contribution >= 0.6 is 0 Å². The zero-order valence-electron chi connectivity index (χ0n) is 5.44. The Labute approximate surface area is 54.6 Å². The average molecular weight is 125 g/mol. The standard InChI is InChI=1S/C7H11NO/c9-6-3-7(4-6)1-2-8-5-7/h8H,1-5H2. The fourth-order valence-electron chi connectivity index (χ4n) is 1.88. The highest BCUT2D eigenvalue weighted by molar-refractivity contribution is 5.86. The Morgan fingerprint density at radius 3 is 2.67 bits per heavy atom. The first kappa shape index (κ1) is 5.42. The Morgan fingerprint density at radius 1 is 1.44 bits per heavy atom. The van der Waals surface area contributed by atoms with Crippen LogP contribution in [0.15, 0.2) is 0 Å². The number of Topliss-reactive ketones (excluding diaryl/α,β-unsaturated/α-hetero) is 1. The lowest BCUT2D eigenvalue weighted by atomic mass is 9.67. The molecule has 1 N–H and O–H groups in total. The predicted octanol–water partition coefficient (Wildman–Crippen LogP) is 0.329. The highest BCUT2D eigenvalue weighted by Gasteiger charge is 2.44. The normalized spacial score (nSPS) is 30.9. The highest BCUT2D eigenvalue weighted by atomic mass is 16.1. The predicted molar refractivity (Wildman–Crippen MR) is 34.2 cm³/mol. The van der Waals surface area contributed by atoms with Crippen LogP contribution in [0.2, 0.25) is 0 Å². The fraction of sp³-hybridized carbons (Fsp3) is 0.857. The van der Waals surface area contributed by atoms with Crippen LogP contribution in [0.3, 0.4) is 0 Å². The summed E-state index contributed by atoms with van der Waals surface area (Å²) < 4.78 is 0. The van der Waals surface area contributed by atoms with Gasteiger partial charge in [0.15, 0.2) is 0 Å². The molecule has 1 aliphatic heterocycles. The number of carbonyl (C=O) groups excluding carboxylic acids is 1. The number of rotatable bonds is 0. The molecule has 50 valence electrons. The maximum Gasteiger partial charge on any atom is 0.134 e. The summed E-state index contributed by atoms with van der Waals surface area (Å²) in [6.45, 7) is 2.20. The van der Waals surface area contributed by atoms with E-state index < -0.39 is 0 Å². The number of nitrogens with one attached hydrogen (secondary N) is 1. The minimum atomic E-state index is 0.428. The van der Waals surface area contributed by atoms with Crippen LogP contribution in [0.1, 0.15) is 19.3 Å². The second-order valence-corrected chi connectivity index (χ2v) is 3.32. The number of carbonyl (C=O) groups is 1. The van der Waals surface area contributed by atoms with Gasteiger partial charge in [-0.25, -0.2) is 0 Å². The summed E-state index contributed by atoms with van der Waals surface area (Å²) in [4.78, 5) is 10.6. The molecule has 2 fully saturated rings. The molecule has 0 aromatic heterocycles. The van der Waals surface area contributed by atoms with Crippen LogP contribution in [-0.2, 0) is 4.79 Å². The Hall–Kier alpha value is -0.370. The summed E-state index contributed by atoms with van der Waals surface area (Å²) in [5.74, 6) is 0.457. The summed E-state index contributed by atoms with van der Waals surface area (Å²) in [7, 11) is 0. The molecular weight excluding hydrogens is 114 g/mol. The Balaban J connectivity index is 2.03. The van der Waals surface area contributed by atoms with Crippen LogP contribution in [0.25, 0.3) is 0 Å². The molecule has 2 nitrogen and oxygen atoms in total. The molecule has 1 saturated heterocycles. The van der Waals surface area contributed by atoms with Crippen molar-refractivity contribution in [2.45, 2.75) is 19.3 Å². The molecule has 0 aromatic rings. The maximum absolute atomic E-state index is 10.6. The molecule has 0 bridgehead atoms. The average Bonchev–Trinajstić information content (AvgIpc) is 2.12. The second kappa shape index (κ2) is 1.57. The smallest absolute Gasteiger partial charge is 0.134 e. The molecule has 2 heteroatoms. The van der Waals surface area contributed by atoms with Gasteiger partial charge in [-0.2, -0.15) is 0 Å². The van der Waals surface area contributed by atoms with Crippen LogP contribution in [0.4, 0.5) is 0 Å². The molecule has 2 aliphatic rings. The summed E-state index contributed by atoms with van der Waals surface area (Å²) in [6.07, 6.45) is 2.92. The zero-order chi connectivity index (χ0) is 6.32. The van der Waals surface area contributed by atoms with Crippen LogP contribution in [0, 0.1) is 5.41 Å². The summed E-state index contributed by atoms with van der Waals surface area (Å²) in [5, 5.41) is 3.28. The third-order valence-electron chi connectivity index (χ3n) is 2.48. The molecule has 1 aliphatic carbocycles. The van der Waals surface area contributed by atoms with Crippen molar-refractivity contribution in [1.29, 1.82) is 0 Å². The van der Waals surface area contributed by atoms with E-state index in [0.29, 0.717) is 11.2 Å². The number of hydrogen-bond donors (Lipinski definition) is 1. The lowest BCUT2D eigenvalue weighted by Crippen LogP contribution is -2.39. The molecule has 0 amide bonds. The first-order valence-corrected chi connectivity index (χ1v) is 3.53. The van der Waals surface area contributed by atoms with Crippen molar-refractivity contribution in [3.63, 3.8) is 0 Å². The summed E-state index contributed by atoms with van der Waals surface area (Å²) in [5.41, 5.74) is 0.428. The monoisotopic (exact) mass is 125 g/mol. The molecule has 1 saturated carbocycles. The number of ketones is 1. The molecule has 2 rings (SSSR count). The van der Waals surface area contributed by atoms with Crippen LogP contribution < -0.4 is 5.32 Å². The minimum absolute atomic E-state index is 0.428. The van der Waals surface area contributed by atoms with Crippen LogP contribution in [-0.4, -0.2) is 18.9 Å². The molecule has 0 unspecified atom stereocenters. The van der Waals surface area contributed by atoms with Crippen molar-refractivity contribution < 1.29 is 4.79 Å². The third kappa shape index (κ3) is 0.697. The van der Waals surface area contributed by atoms with Gasteiger partial charge in [-0.3, -0.25) is 4.79 Å². The Bertz CT molecular complexity index is 137. The molecule has 0 atom stereocenters. The lowest BCUT2D eigenvalue weighted by Gasteiger charge is -2.35. The quantitative estimate of drug-likeness (QED) is 0.505. The van der Waals surface area contributed by atoms with Gasteiger partial charge in [0.25, 0.3) is 0 Å². The molecular formula is C7H11NO. The largest absolute Gasteiger partial charge is 0.316 e. The molecule has 0 aromatic carbocycles. The maximum atomic E-state index is 10.6. The van der Waals surface area contributed by atoms with Crippen molar-refractivity contribution in [3.05, 3.63) is 0 Å². The van der Waals surface area contributed by atoms with Gasteiger partial charge in [-0.15, -0.1) is 0 Å². The van der Waals surface area contributed by atoms with E-state index in [-0.39, 0.29) is 0 Å². The van der Waals surface area contributed by atoms with Gasteiger partial charge in [0, 0.05) is 19.4 Å². The summed E-state index contributed by atoms with van der Waals surface area (Å²) >= 11 is 0. The van der Waals surface area contributed by atoms with E-state index in [1.54, 1.807) is 0 Å². The molecule has 1 spiro atoms. The van der Waals surface area contributed by atoms with Gasteiger partial charge in [0.2, 0.25) is 0 Å². The summed E-state index contributed by atoms with van der Waals surface area (Å²) in [6, 6.07) is 0. The van der Waals surface area contributed by atoms with Gasteiger partial charge < -0.3 is 5.32 Å². The van der Waals surface area contributed by atoms with E-state index in [2.05, 4.69) is 5.32 Å². The van der Waals surface area contributed by atoms with E-state index in [1.165, 1.54) is 6.42 Å². The van der Waals surface area contributed by atoms with Gasteiger partial charge in [-0.05, 0) is 18.4 Å². The zero-order valence-corrected chi connectivity index (χ0v) is 5.44. The van der Waals surface area contributed by atoms with Crippen molar-refractivity contribution in [2.75, 3.05) is 13.1 Å². The van der Waals surface area contributed by atoms with E-state index >= 15 is 0 Å². The van der Waals surface area contributed by atoms with Gasteiger partial charge in [0.05, 0.1) is 0 Å². The van der Waals surface area contributed by atoms with Crippen molar-refractivity contribution in [1.82, 2.24) is 5.32 Å². The van der Waals surface area contributed by atoms with E-state index in [0.717, 1.165) is 25.9 Å².